The molecule has 0 aliphatic rings. The van der Waals surface area contributed by atoms with Gasteiger partial charge in [0.1, 0.15) is 6.61 Å². The second kappa shape index (κ2) is 10.5. The number of methoxy groups -OCH3 is 1. The minimum atomic E-state index is -0.413. The number of esters is 1. The van der Waals surface area contributed by atoms with Crippen LogP contribution in [0.3, 0.4) is 0 Å². The highest BCUT2D eigenvalue weighted by Gasteiger charge is 2.11. The highest BCUT2D eigenvalue weighted by Crippen LogP contribution is 1.95. The molecular formula is C10H20AlNO5. The van der Waals surface area contributed by atoms with Crippen LogP contribution in [0.5, 0.6) is 0 Å². The number of hydrogen-bond acceptors (Lipinski definition) is 5. The van der Waals surface area contributed by atoms with Crippen LogP contribution in [0, 0.1) is 0 Å². The summed E-state index contributed by atoms with van der Waals surface area (Å²) in [4.78, 5) is 22.5. The average molecular weight is 261 g/mol. The Kier molecular flexibility index (Phi) is 10.2. The van der Waals surface area contributed by atoms with Gasteiger partial charge >= 0.3 is 5.97 Å². The van der Waals surface area contributed by atoms with E-state index in [-0.39, 0.29) is 38.0 Å². The fourth-order valence-electron chi connectivity index (χ4n) is 1.10. The lowest BCUT2D eigenvalue weighted by Crippen LogP contribution is -2.37. The number of carbonyl (C=O) groups is 2. The molecule has 0 rings (SSSR count). The fourth-order valence-corrected chi connectivity index (χ4v) is 1.57. The Morgan fingerprint density at radius 3 is 2.59 bits per heavy atom. The molecule has 0 aromatic rings. The zero-order valence-electron chi connectivity index (χ0n) is 10.4. The average Bonchev–Trinajstić information content (AvgIpc) is 2.33. The molecule has 0 spiro atoms. The summed E-state index contributed by atoms with van der Waals surface area (Å²) in [7, 11) is 1.52. The van der Waals surface area contributed by atoms with E-state index in [9.17, 15) is 9.59 Å². The summed E-state index contributed by atoms with van der Waals surface area (Å²) in [5.41, 5.74) is 0. The molecule has 7 heteroatoms. The van der Waals surface area contributed by atoms with Gasteiger partial charge in [0.2, 0.25) is 22.2 Å². The van der Waals surface area contributed by atoms with Gasteiger partial charge in [-0.25, -0.2) is 0 Å². The first kappa shape index (κ1) is 16.4. The summed E-state index contributed by atoms with van der Waals surface area (Å²) >= 11 is 0.909. The molecule has 0 fully saturated rings. The second-order valence-electron chi connectivity index (χ2n) is 3.57. The normalized spacial score (nSPS) is 11.9. The van der Waals surface area contributed by atoms with Crippen LogP contribution < -0.4 is 5.32 Å². The Morgan fingerprint density at radius 2 is 2.06 bits per heavy atom. The number of rotatable bonds is 9. The molecule has 2 N–H and O–H groups in total. The van der Waals surface area contributed by atoms with Crippen LogP contribution in [-0.2, 0) is 19.1 Å². The molecule has 0 aromatic carbocycles. The summed E-state index contributed by atoms with van der Waals surface area (Å²) < 4.78 is 9.52. The van der Waals surface area contributed by atoms with Crippen molar-refractivity contribution in [3.63, 3.8) is 0 Å². The first-order chi connectivity index (χ1) is 8.13. The smallest absolute Gasteiger partial charge is 0.306 e. The molecule has 0 saturated heterocycles. The first-order valence-corrected chi connectivity index (χ1v) is 7.10. The molecule has 0 radical (unpaired) electrons. The minimum absolute atomic E-state index is 0.0504. The summed E-state index contributed by atoms with van der Waals surface area (Å²) in [6.45, 7) is 0.495. The summed E-state index contributed by atoms with van der Waals surface area (Å²) in [6, 6.07) is -0.182. The third-order valence-corrected chi connectivity index (χ3v) is 3.17. The van der Waals surface area contributed by atoms with E-state index in [1.807, 2.05) is 0 Å². The standard InChI is InChI=1S/C10H18NO5.Al.2H/c1-8(7-12)11-9(13)3-4-10(14)16-6-5-15-2;;;/h8,12H,1,3-7H2,2H3,(H,11,13);;;. The molecule has 17 heavy (non-hydrogen) atoms. The van der Waals surface area contributed by atoms with Crippen LogP contribution in [0.2, 0.25) is 5.28 Å². The maximum absolute atomic E-state index is 11.4. The monoisotopic (exact) mass is 261 g/mol. The van der Waals surface area contributed by atoms with Gasteiger partial charge in [-0.05, 0) is 0 Å². The third-order valence-electron chi connectivity index (χ3n) is 2.18. The van der Waals surface area contributed by atoms with Crippen molar-refractivity contribution >= 4 is 28.2 Å². The molecule has 1 unspecified atom stereocenters. The van der Waals surface area contributed by atoms with Gasteiger partial charge in [-0.3, -0.25) is 9.59 Å². The van der Waals surface area contributed by atoms with Gasteiger partial charge in [0, 0.05) is 19.6 Å². The number of amides is 1. The van der Waals surface area contributed by atoms with Crippen LogP contribution in [-0.4, -0.2) is 66.2 Å². The van der Waals surface area contributed by atoms with Gasteiger partial charge < -0.3 is 19.9 Å². The van der Waals surface area contributed by atoms with Crippen molar-refractivity contribution in [2.75, 3.05) is 26.9 Å². The Labute approximate surface area is 109 Å². The molecule has 1 atom stereocenters. The van der Waals surface area contributed by atoms with Crippen molar-refractivity contribution in [1.82, 2.24) is 5.32 Å². The fraction of sp³-hybridized carbons (Fsp3) is 0.800. The third kappa shape index (κ3) is 9.13. The number of aliphatic hydroxyl groups is 1. The Hall–Kier alpha value is -0.608. The zero-order valence-corrected chi connectivity index (χ0v) is 12.4. The second-order valence-corrected chi connectivity index (χ2v) is 4.39. The molecule has 0 aliphatic heterocycles. The van der Waals surface area contributed by atoms with E-state index in [2.05, 4.69) is 5.32 Å². The Bertz CT molecular complexity index is 233. The highest BCUT2D eigenvalue weighted by molar-refractivity contribution is 6.09. The number of carbonyl (C=O) groups excluding carboxylic acids is 2. The maximum atomic E-state index is 11.4. The van der Waals surface area contributed by atoms with Crippen molar-refractivity contribution in [3.05, 3.63) is 0 Å². The predicted molar refractivity (Wildman–Crippen MR) is 64.4 cm³/mol. The topological polar surface area (TPSA) is 84.9 Å². The van der Waals surface area contributed by atoms with Crippen molar-refractivity contribution in [1.29, 1.82) is 0 Å². The van der Waals surface area contributed by atoms with E-state index in [0.29, 0.717) is 6.61 Å². The van der Waals surface area contributed by atoms with Crippen molar-refractivity contribution in [3.8, 4) is 0 Å². The van der Waals surface area contributed by atoms with Crippen LogP contribution >= 0.6 is 0 Å². The van der Waals surface area contributed by atoms with Crippen molar-refractivity contribution in [2.24, 2.45) is 0 Å². The molecule has 0 aromatic heterocycles. The molecule has 0 heterocycles. The molecule has 6 nitrogen and oxygen atoms in total. The molecule has 1 amide bonds. The van der Waals surface area contributed by atoms with Gasteiger partial charge in [-0.15, -0.1) is 0 Å². The van der Waals surface area contributed by atoms with Gasteiger partial charge in [0.15, 0.2) is 0 Å². The van der Waals surface area contributed by atoms with E-state index in [1.54, 1.807) is 0 Å². The summed E-state index contributed by atoms with van der Waals surface area (Å²) in [6.07, 6.45) is 0.138. The first-order valence-electron chi connectivity index (χ1n) is 5.68. The van der Waals surface area contributed by atoms with Crippen molar-refractivity contribution < 1.29 is 24.2 Å². The lowest BCUT2D eigenvalue weighted by atomic mass is 10.2. The van der Waals surface area contributed by atoms with Gasteiger partial charge in [-0.2, -0.15) is 0 Å². The number of nitrogens with one attached hydrogen (secondary N) is 1. The van der Waals surface area contributed by atoms with E-state index < -0.39 is 5.97 Å². The molecule has 0 aliphatic carbocycles. The summed E-state index contributed by atoms with van der Waals surface area (Å²) in [5.74, 6) is -0.646. The lowest BCUT2D eigenvalue weighted by molar-refractivity contribution is -0.146. The van der Waals surface area contributed by atoms with Crippen LogP contribution in [0.15, 0.2) is 0 Å². The summed E-state index contributed by atoms with van der Waals surface area (Å²) in [5, 5.41) is 12.3. The van der Waals surface area contributed by atoms with E-state index in [0.717, 1.165) is 21.6 Å². The number of hydrogen-bond donors (Lipinski definition) is 2. The van der Waals surface area contributed by atoms with Crippen LogP contribution in [0.1, 0.15) is 12.8 Å². The highest BCUT2D eigenvalue weighted by atomic mass is 27.0. The zero-order chi connectivity index (χ0) is 13.1. The van der Waals surface area contributed by atoms with E-state index in [4.69, 9.17) is 14.6 Å². The Morgan fingerprint density at radius 1 is 1.35 bits per heavy atom. The number of ether oxygens (including phenoxy) is 2. The maximum Gasteiger partial charge on any atom is 0.306 e. The molecule has 0 saturated carbocycles. The van der Waals surface area contributed by atoms with E-state index >= 15 is 0 Å². The Balaban J connectivity index is 3.65. The predicted octanol–water partition coefficient (Wildman–Crippen LogP) is -1.52. The molecule has 0 bridgehead atoms. The van der Waals surface area contributed by atoms with Crippen molar-refractivity contribution in [2.45, 2.75) is 24.2 Å². The molecule has 98 valence electrons. The van der Waals surface area contributed by atoms with Crippen LogP contribution in [0.25, 0.3) is 0 Å². The molecular weight excluding hydrogens is 241 g/mol. The van der Waals surface area contributed by atoms with Crippen LogP contribution in [0.4, 0.5) is 0 Å². The number of aliphatic hydroxyl groups excluding tert-OH is 1. The SMILES string of the molecule is COCCOC(=O)CCC(=O)NC(CO)[CH2][AlH2]. The van der Waals surface area contributed by atoms with Gasteiger partial charge in [-0.1, -0.05) is 5.28 Å². The van der Waals surface area contributed by atoms with Gasteiger partial charge in [0.25, 0.3) is 0 Å². The minimum Gasteiger partial charge on any atom is -0.463 e. The lowest BCUT2D eigenvalue weighted by Gasteiger charge is -2.13. The largest absolute Gasteiger partial charge is 0.463 e. The quantitative estimate of drug-likeness (QED) is 0.299. The van der Waals surface area contributed by atoms with E-state index in [1.165, 1.54) is 7.11 Å². The van der Waals surface area contributed by atoms with Gasteiger partial charge in [0.05, 0.1) is 19.6 Å².